The van der Waals surface area contributed by atoms with Gasteiger partial charge in [0.05, 0.1) is 15.7 Å². The van der Waals surface area contributed by atoms with E-state index in [9.17, 15) is 10.1 Å². The lowest BCUT2D eigenvalue weighted by molar-refractivity contribution is 0.0682. The second-order valence-corrected chi connectivity index (χ2v) is 9.47. The molecule has 1 saturated heterocycles. The molecule has 33 heavy (non-hydrogen) atoms. The van der Waals surface area contributed by atoms with Crippen LogP contribution in [0.5, 0.6) is 0 Å². The first-order valence-electron chi connectivity index (χ1n) is 11.0. The van der Waals surface area contributed by atoms with Gasteiger partial charge in [0.2, 0.25) is 5.82 Å². The van der Waals surface area contributed by atoms with Crippen LogP contribution in [0.25, 0.3) is 11.3 Å². The van der Waals surface area contributed by atoms with E-state index in [1.54, 1.807) is 6.20 Å². The Balaban J connectivity index is 0.00000306. The standard InChI is InChI=1S/C23H28BrN7O.ClH/c1-29-8-10-30(11-9-29)15-16-6-7-18(23(32)31(26)17-4-2-3-5-17)19(12-16)22-20(24)14-27-21(13-25)28-22;/h6-7,12,14,17H,2-5,8-11,15,26H2,1H3;1H. The SMILES string of the molecule is CN1CCN(Cc2ccc(C(=O)N(N)C3CCCC3)c(-c3nc(C#N)ncc3Br)c2)CC1.Cl. The Morgan fingerprint density at radius 3 is 2.64 bits per heavy atom. The first kappa shape index (κ1) is 25.5. The highest BCUT2D eigenvalue weighted by molar-refractivity contribution is 9.10. The highest BCUT2D eigenvalue weighted by Gasteiger charge is 2.28. The van der Waals surface area contributed by atoms with Crippen molar-refractivity contribution in [2.24, 2.45) is 5.84 Å². The molecule has 1 aliphatic heterocycles. The first-order valence-corrected chi connectivity index (χ1v) is 11.8. The van der Waals surface area contributed by atoms with Gasteiger partial charge in [0, 0.05) is 50.5 Å². The van der Waals surface area contributed by atoms with Crippen LogP contribution in [0.1, 0.15) is 47.4 Å². The molecule has 2 aromatic rings. The van der Waals surface area contributed by atoms with Crippen LogP contribution in [-0.4, -0.2) is 70.0 Å². The smallest absolute Gasteiger partial charge is 0.268 e. The van der Waals surface area contributed by atoms with Gasteiger partial charge in [0.1, 0.15) is 6.07 Å². The van der Waals surface area contributed by atoms with Crippen LogP contribution < -0.4 is 5.84 Å². The largest absolute Gasteiger partial charge is 0.304 e. The van der Waals surface area contributed by atoms with Crippen molar-refractivity contribution in [2.75, 3.05) is 33.2 Å². The molecule has 1 aromatic heterocycles. The summed E-state index contributed by atoms with van der Waals surface area (Å²) in [6.07, 6.45) is 5.58. The van der Waals surface area contributed by atoms with E-state index in [0.717, 1.165) is 64.0 Å². The lowest BCUT2D eigenvalue weighted by atomic mass is 9.99. The van der Waals surface area contributed by atoms with Crippen molar-refractivity contribution < 1.29 is 4.79 Å². The molecule has 0 bridgehead atoms. The molecule has 0 unspecified atom stereocenters. The molecule has 1 aromatic carbocycles. The number of nitriles is 1. The average Bonchev–Trinajstić information content (AvgIpc) is 3.35. The van der Waals surface area contributed by atoms with Gasteiger partial charge in [0.15, 0.2) is 0 Å². The van der Waals surface area contributed by atoms with Crippen molar-refractivity contribution in [3.05, 3.63) is 45.8 Å². The summed E-state index contributed by atoms with van der Waals surface area (Å²) in [6, 6.07) is 7.89. The van der Waals surface area contributed by atoms with Crippen molar-refractivity contribution in [3.8, 4) is 17.3 Å². The molecule has 10 heteroatoms. The highest BCUT2D eigenvalue weighted by atomic mass is 79.9. The second-order valence-electron chi connectivity index (χ2n) is 8.61. The quantitative estimate of drug-likeness (QED) is 0.357. The van der Waals surface area contributed by atoms with E-state index in [1.165, 1.54) is 5.01 Å². The van der Waals surface area contributed by atoms with Crippen LogP contribution in [0.15, 0.2) is 28.9 Å². The normalized spacial score (nSPS) is 17.4. The molecule has 2 aliphatic rings. The molecule has 2 N–H and O–H groups in total. The van der Waals surface area contributed by atoms with Crippen LogP contribution in [0, 0.1) is 11.3 Å². The van der Waals surface area contributed by atoms with Gasteiger partial charge in [-0.3, -0.25) is 14.7 Å². The van der Waals surface area contributed by atoms with Crippen molar-refractivity contribution in [1.82, 2.24) is 24.8 Å². The molecule has 2 fully saturated rings. The summed E-state index contributed by atoms with van der Waals surface area (Å²) in [6.45, 7) is 4.87. The van der Waals surface area contributed by atoms with Crippen LogP contribution in [0.2, 0.25) is 0 Å². The third-order valence-electron chi connectivity index (χ3n) is 6.37. The fourth-order valence-electron chi connectivity index (χ4n) is 4.43. The Morgan fingerprint density at radius 2 is 1.97 bits per heavy atom. The van der Waals surface area contributed by atoms with Gasteiger partial charge in [-0.25, -0.2) is 15.8 Å². The van der Waals surface area contributed by atoms with Crippen LogP contribution in [0.4, 0.5) is 0 Å². The fourth-order valence-corrected chi connectivity index (χ4v) is 4.84. The lowest BCUT2D eigenvalue weighted by Gasteiger charge is -2.32. The summed E-state index contributed by atoms with van der Waals surface area (Å²) in [7, 11) is 2.14. The fraction of sp³-hybridized carbons (Fsp3) is 0.478. The number of likely N-dealkylation sites (N-methyl/N-ethyl adjacent to an activating group) is 1. The number of hydrogen-bond acceptors (Lipinski definition) is 7. The summed E-state index contributed by atoms with van der Waals surface area (Å²) < 4.78 is 0.631. The zero-order chi connectivity index (χ0) is 22.7. The maximum absolute atomic E-state index is 13.4. The number of amides is 1. The number of piperazine rings is 1. The summed E-state index contributed by atoms with van der Waals surface area (Å²) >= 11 is 3.51. The molecule has 1 amide bonds. The van der Waals surface area contributed by atoms with Gasteiger partial charge in [-0.2, -0.15) is 5.26 Å². The number of carbonyl (C=O) groups is 1. The lowest BCUT2D eigenvalue weighted by Crippen LogP contribution is -2.44. The van der Waals surface area contributed by atoms with E-state index in [1.807, 2.05) is 24.3 Å². The molecule has 8 nitrogen and oxygen atoms in total. The number of nitrogens with two attached hydrogens (primary N) is 1. The van der Waals surface area contributed by atoms with Crippen molar-refractivity contribution in [2.45, 2.75) is 38.3 Å². The first-order chi connectivity index (χ1) is 15.5. The number of nitrogens with zero attached hydrogens (tertiary/aromatic N) is 6. The Kier molecular flexibility index (Phi) is 8.79. The molecule has 1 saturated carbocycles. The third kappa shape index (κ3) is 5.89. The van der Waals surface area contributed by atoms with E-state index in [0.29, 0.717) is 21.3 Å². The van der Waals surface area contributed by atoms with Gasteiger partial charge in [0.25, 0.3) is 5.91 Å². The number of aromatic nitrogens is 2. The number of hydrazine groups is 1. The minimum absolute atomic E-state index is 0. The molecule has 0 spiro atoms. The van der Waals surface area contributed by atoms with Gasteiger partial charge in [-0.1, -0.05) is 18.9 Å². The average molecular weight is 535 g/mol. The van der Waals surface area contributed by atoms with E-state index in [2.05, 4.69) is 42.7 Å². The zero-order valence-electron chi connectivity index (χ0n) is 18.7. The molecule has 2 heterocycles. The predicted octanol–water partition coefficient (Wildman–Crippen LogP) is 3.21. The Labute approximate surface area is 209 Å². The summed E-state index contributed by atoms with van der Waals surface area (Å²) in [5.41, 5.74) is 2.78. The number of hydrogen-bond donors (Lipinski definition) is 1. The topological polar surface area (TPSA) is 102 Å². The maximum atomic E-state index is 13.4. The van der Waals surface area contributed by atoms with E-state index >= 15 is 0 Å². The van der Waals surface area contributed by atoms with E-state index in [4.69, 9.17) is 5.84 Å². The number of benzene rings is 1. The second kappa shape index (κ2) is 11.4. The summed E-state index contributed by atoms with van der Waals surface area (Å²) in [5, 5.41) is 10.7. The minimum Gasteiger partial charge on any atom is -0.304 e. The molecule has 4 rings (SSSR count). The number of rotatable bonds is 5. The Morgan fingerprint density at radius 1 is 1.27 bits per heavy atom. The Bertz CT molecular complexity index is 1030. The predicted molar refractivity (Wildman–Crippen MR) is 133 cm³/mol. The van der Waals surface area contributed by atoms with Crippen molar-refractivity contribution in [3.63, 3.8) is 0 Å². The molecule has 0 radical (unpaired) electrons. The molecule has 1 aliphatic carbocycles. The van der Waals surface area contributed by atoms with Gasteiger partial charge >= 0.3 is 0 Å². The third-order valence-corrected chi connectivity index (χ3v) is 6.95. The highest BCUT2D eigenvalue weighted by Crippen LogP contribution is 2.32. The van der Waals surface area contributed by atoms with Crippen molar-refractivity contribution in [1.29, 1.82) is 5.26 Å². The molecule has 0 atom stereocenters. The van der Waals surface area contributed by atoms with Crippen LogP contribution in [-0.2, 0) is 6.54 Å². The van der Waals surface area contributed by atoms with Crippen LogP contribution in [0.3, 0.4) is 0 Å². The molecular formula is C23H29BrClN7O. The Hall–Kier alpha value is -2.09. The van der Waals surface area contributed by atoms with Crippen LogP contribution >= 0.6 is 28.3 Å². The minimum atomic E-state index is -0.220. The number of carbonyl (C=O) groups excluding carboxylic acids is 1. The van der Waals surface area contributed by atoms with E-state index in [-0.39, 0.29) is 30.2 Å². The van der Waals surface area contributed by atoms with Gasteiger partial charge in [-0.05, 0) is 53.5 Å². The maximum Gasteiger partial charge on any atom is 0.268 e. The number of halogens is 2. The monoisotopic (exact) mass is 533 g/mol. The summed E-state index contributed by atoms with van der Waals surface area (Å²) in [4.78, 5) is 26.6. The molecule has 176 valence electrons. The van der Waals surface area contributed by atoms with Gasteiger partial charge < -0.3 is 4.90 Å². The van der Waals surface area contributed by atoms with Crippen molar-refractivity contribution >= 4 is 34.2 Å². The summed E-state index contributed by atoms with van der Waals surface area (Å²) in [5.74, 6) is 6.11. The van der Waals surface area contributed by atoms with E-state index < -0.39 is 0 Å². The van der Waals surface area contributed by atoms with Gasteiger partial charge in [-0.15, -0.1) is 12.4 Å². The zero-order valence-corrected chi connectivity index (χ0v) is 21.1. The molecular weight excluding hydrogens is 506 g/mol.